The molecule has 1 amide bonds. The number of hydrazone groups is 1. The van der Waals surface area contributed by atoms with Crippen molar-refractivity contribution < 1.29 is 14.3 Å². The number of amides is 1. The van der Waals surface area contributed by atoms with E-state index in [4.69, 9.17) is 44.3 Å². The van der Waals surface area contributed by atoms with Crippen molar-refractivity contribution in [1.82, 2.24) is 5.43 Å². The Bertz CT molecular complexity index is 1050. The van der Waals surface area contributed by atoms with E-state index in [0.717, 1.165) is 10.8 Å². The van der Waals surface area contributed by atoms with Gasteiger partial charge in [-0.25, -0.2) is 5.43 Å². The standard InChI is InChI=1S/C20H15Cl3N2O3/c1-27-20-12(8-13(21)9-17(20)23)10-24-25-19(26)11-28-18-7-6-16(22)14-4-2-3-5-15(14)18/h2-10H,11H2,1H3,(H,25,26)/b24-10+. The Morgan fingerprint density at radius 2 is 1.82 bits per heavy atom. The molecule has 0 spiro atoms. The van der Waals surface area contributed by atoms with E-state index in [1.54, 1.807) is 24.3 Å². The van der Waals surface area contributed by atoms with E-state index in [-0.39, 0.29) is 6.61 Å². The maximum atomic E-state index is 12.0. The summed E-state index contributed by atoms with van der Waals surface area (Å²) in [5, 5.41) is 6.97. The molecule has 1 N–H and O–H groups in total. The molecule has 0 atom stereocenters. The summed E-state index contributed by atoms with van der Waals surface area (Å²) in [5.74, 6) is 0.540. The molecule has 144 valence electrons. The summed E-state index contributed by atoms with van der Waals surface area (Å²) in [6.07, 6.45) is 1.40. The highest BCUT2D eigenvalue weighted by molar-refractivity contribution is 6.36. The second-order valence-corrected chi connectivity index (χ2v) is 6.93. The van der Waals surface area contributed by atoms with Crippen molar-refractivity contribution in [3.63, 3.8) is 0 Å². The van der Waals surface area contributed by atoms with Crippen LogP contribution in [0.1, 0.15) is 5.56 Å². The maximum absolute atomic E-state index is 12.0. The number of benzene rings is 3. The van der Waals surface area contributed by atoms with Crippen LogP contribution in [0.4, 0.5) is 0 Å². The Kier molecular flexibility index (Phi) is 6.62. The molecule has 0 aliphatic heterocycles. The van der Waals surface area contributed by atoms with E-state index in [1.165, 1.54) is 13.3 Å². The van der Waals surface area contributed by atoms with Crippen LogP contribution in [0.3, 0.4) is 0 Å². The summed E-state index contributed by atoms with van der Waals surface area (Å²) < 4.78 is 10.8. The summed E-state index contributed by atoms with van der Waals surface area (Å²) in [6.45, 7) is -0.212. The van der Waals surface area contributed by atoms with Crippen LogP contribution >= 0.6 is 34.8 Å². The summed E-state index contributed by atoms with van der Waals surface area (Å²) >= 11 is 18.2. The number of fused-ring (bicyclic) bond motifs is 1. The van der Waals surface area contributed by atoms with Gasteiger partial charge < -0.3 is 9.47 Å². The molecule has 3 aromatic rings. The van der Waals surface area contributed by atoms with Crippen LogP contribution in [0, 0.1) is 0 Å². The van der Waals surface area contributed by atoms with Crippen molar-refractivity contribution in [1.29, 1.82) is 0 Å². The molecule has 28 heavy (non-hydrogen) atoms. The predicted molar refractivity (Wildman–Crippen MR) is 113 cm³/mol. The third kappa shape index (κ3) is 4.68. The molecule has 0 bridgehead atoms. The zero-order chi connectivity index (χ0) is 20.1. The molecule has 3 aromatic carbocycles. The van der Waals surface area contributed by atoms with Crippen LogP contribution in [0.2, 0.25) is 15.1 Å². The topological polar surface area (TPSA) is 59.9 Å². The lowest BCUT2D eigenvalue weighted by atomic mass is 10.1. The SMILES string of the molecule is COc1c(Cl)cc(Cl)cc1/C=N/NC(=O)COc1ccc(Cl)c2ccccc12. The Morgan fingerprint density at radius 3 is 2.57 bits per heavy atom. The zero-order valence-corrected chi connectivity index (χ0v) is 17.0. The van der Waals surface area contributed by atoms with Gasteiger partial charge in [-0.15, -0.1) is 0 Å². The first-order valence-electron chi connectivity index (χ1n) is 8.14. The Balaban J connectivity index is 1.65. The summed E-state index contributed by atoms with van der Waals surface area (Å²) in [7, 11) is 1.48. The second-order valence-electron chi connectivity index (χ2n) is 5.68. The molecule has 0 saturated heterocycles. The minimum Gasteiger partial charge on any atom is -0.495 e. The van der Waals surface area contributed by atoms with Gasteiger partial charge in [-0.05, 0) is 24.3 Å². The van der Waals surface area contributed by atoms with E-state index in [1.807, 2.05) is 24.3 Å². The Morgan fingerprint density at radius 1 is 1.07 bits per heavy atom. The molecule has 5 nitrogen and oxygen atoms in total. The molecule has 0 heterocycles. The number of hydrogen-bond acceptors (Lipinski definition) is 4. The van der Waals surface area contributed by atoms with Crippen LogP contribution in [0.5, 0.6) is 11.5 Å². The van der Waals surface area contributed by atoms with Crippen molar-refractivity contribution >= 4 is 57.7 Å². The number of ether oxygens (including phenoxy) is 2. The second kappa shape index (κ2) is 9.15. The molecule has 0 radical (unpaired) electrons. The highest BCUT2D eigenvalue weighted by atomic mass is 35.5. The molecular weight excluding hydrogens is 423 g/mol. The average molecular weight is 438 g/mol. The van der Waals surface area contributed by atoms with Gasteiger partial charge in [-0.1, -0.05) is 59.1 Å². The lowest BCUT2D eigenvalue weighted by molar-refractivity contribution is -0.123. The Hall–Kier alpha value is -2.47. The fourth-order valence-electron chi connectivity index (χ4n) is 2.60. The molecule has 3 rings (SSSR count). The molecule has 8 heteroatoms. The fraction of sp³-hybridized carbons (Fsp3) is 0.100. The number of halogens is 3. The van der Waals surface area contributed by atoms with Gasteiger partial charge in [-0.2, -0.15) is 5.10 Å². The van der Waals surface area contributed by atoms with Gasteiger partial charge in [0.25, 0.3) is 5.91 Å². The van der Waals surface area contributed by atoms with Crippen molar-refractivity contribution in [3.05, 3.63) is 69.2 Å². The van der Waals surface area contributed by atoms with Crippen LogP contribution < -0.4 is 14.9 Å². The minimum atomic E-state index is -0.428. The smallest absolute Gasteiger partial charge is 0.277 e. The number of carbonyl (C=O) groups is 1. The molecule has 0 aliphatic carbocycles. The first kappa shape index (κ1) is 20.3. The summed E-state index contributed by atoms with van der Waals surface area (Å²) in [5.41, 5.74) is 2.92. The van der Waals surface area contributed by atoms with Crippen LogP contribution in [-0.2, 0) is 4.79 Å². The number of methoxy groups -OCH3 is 1. The number of hydrogen-bond donors (Lipinski definition) is 1. The van der Waals surface area contributed by atoms with Gasteiger partial charge in [0.1, 0.15) is 11.5 Å². The lowest BCUT2D eigenvalue weighted by Crippen LogP contribution is -2.24. The normalized spacial score (nSPS) is 11.0. The predicted octanol–water partition coefficient (Wildman–Crippen LogP) is 5.34. The fourth-order valence-corrected chi connectivity index (χ4v) is 3.42. The highest BCUT2D eigenvalue weighted by Gasteiger charge is 2.09. The lowest BCUT2D eigenvalue weighted by Gasteiger charge is -2.10. The van der Waals surface area contributed by atoms with Gasteiger partial charge >= 0.3 is 0 Å². The van der Waals surface area contributed by atoms with E-state index in [9.17, 15) is 4.79 Å². The summed E-state index contributed by atoms with van der Waals surface area (Å²) in [4.78, 5) is 12.0. The molecule has 0 aromatic heterocycles. The maximum Gasteiger partial charge on any atom is 0.277 e. The van der Waals surface area contributed by atoms with Crippen molar-refractivity contribution in [2.45, 2.75) is 0 Å². The van der Waals surface area contributed by atoms with E-state index < -0.39 is 5.91 Å². The molecule has 0 saturated carbocycles. The van der Waals surface area contributed by atoms with Crippen LogP contribution in [-0.4, -0.2) is 25.8 Å². The number of nitrogens with zero attached hydrogens (tertiary/aromatic N) is 1. The van der Waals surface area contributed by atoms with E-state index >= 15 is 0 Å². The zero-order valence-electron chi connectivity index (χ0n) is 14.7. The highest BCUT2D eigenvalue weighted by Crippen LogP contribution is 2.32. The van der Waals surface area contributed by atoms with Crippen molar-refractivity contribution in [2.24, 2.45) is 5.10 Å². The third-order valence-electron chi connectivity index (χ3n) is 3.82. The quantitative estimate of drug-likeness (QED) is 0.418. The van der Waals surface area contributed by atoms with Crippen LogP contribution in [0.25, 0.3) is 10.8 Å². The minimum absolute atomic E-state index is 0.212. The van der Waals surface area contributed by atoms with Gasteiger partial charge in [-0.3, -0.25) is 4.79 Å². The largest absolute Gasteiger partial charge is 0.495 e. The van der Waals surface area contributed by atoms with E-state index in [0.29, 0.717) is 32.1 Å². The van der Waals surface area contributed by atoms with Gasteiger partial charge in [0, 0.05) is 26.4 Å². The monoisotopic (exact) mass is 436 g/mol. The summed E-state index contributed by atoms with van der Waals surface area (Å²) in [6, 6.07) is 14.2. The number of rotatable bonds is 6. The molecule has 0 unspecified atom stereocenters. The molecule has 0 aliphatic rings. The third-order valence-corrected chi connectivity index (χ3v) is 4.65. The van der Waals surface area contributed by atoms with Gasteiger partial charge in [0.2, 0.25) is 0 Å². The first-order chi connectivity index (χ1) is 13.5. The first-order valence-corrected chi connectivity index (χ1v) is 9.28. The van der Waals surface area contributed by atoms with Crippen LogP contribution in [0.15, 0.2) is 53.6 Å². The van der Waals surface area contributed by atoms with Gasteiger partial charge in [0.15, 0.2) is 6.61 Å². The number of nitrogens with one attached hydrogen (secondary N) is 1. The average Bonchev–Trinajstić information content (AvgIpc) is 2.67. The number of carbonyl (C=O) groups excluding carboxylic acids is 1. The Labute approximate surface area is 176 Å². The molecular formula is C20H15Cl3N2O3. The van der Waals surface area contributed by atoms with E-state index in [2.05, 4.69) is 10.5 Å². The van der Waals surface area contributed by atoms with Crippen molar-refractivity contribution in [3.8, 4) is 11.5 Å². The van der Waals surface area contributed by atoms with Gasteiger partial charge in [0.05, 0.1) is 18.3 Å². The molecule has 0 fully saturated rings. The van der Waals surface area contributed by atoms with Crippen molar-refractivity contribution in [2.75, 3.05) is 13.7 Å².